The zero-order valence-corrected chi connectivity index (χ0v) is 6.32. The maximum atomic E-state index is 11.0. The molecule has 0 spiro atoms. The van der Waals surface area contributed by atoms with Gasteiger partial charge in [-0.25, -0.2) is 9.67 Å². The molecule has 0 bridgehead atoms. The van der Waals surface area contributed by atoms with E-state index in [9.17, 15) is 4.79 Å². The molecule has 0 N–H and O–H groups in total. The van der Waals surface area contributed by atoms with Gasteiger partial charge < -0.3 is 0 Å². The van der Waals surface area contributed by atoms with Gasteiger partial charge in [0.1, 0.15) is 6.33 Å². The largest absolute Gasteiger partial charge is 0.286 e. The molecular weight excluding hydrogens is 142 g/mol. The standard InChI is InChI=1S/C7H9N3O/c1-3-6(11)7-8-5-9-10(7)4-2/h3,5H,1,4H2,2H3. The molecule has 0 saturated heterocycles. The predicted octanol–water partition coefficient (Wildman–Crippen LogP) is 0.667. The molecule has 11 heavy (non-hydrogen) atoms. The van der Waals surface area contributed by atoms with Crippen molar-refractivity contribution in [2.45, 2.75) is 13.5 Å². The van der Waals surface area contributed by atoms with E-state index >= 15 is 0 Å². The Kier molecular flexibility index (Phi) is 2.15. The van der Waals surface area contributed by atoms with Gasteiger partial charge in [-0.15, -0.1) is 0 Å². The third-order valence-electron chi connectivity index (χ3n) is 1.32. The van der Waals surface area contributed by atoms with Crippen molar-refractivity contribution in [1.29, 1.82) is 0 Å². The van der Waals surface area contributed by atoms with Crippen LogP contribution in [0.5, 0.6) is 0 Å². The van der Waals surface area contributed by atoms with Crippen LogP contribution >= 0.6 is 0 Å². The second-order valence-corrected chi connectivity index (χ2v) is 1.97. The normalized spacial score (nSPS) is 9.55. The number of aromatic nitrogens is 3. The van der Waals surface area contributed by atoms with Crippen LogP contribution < -0.4 is 0 Å². The van der Waals surface area contributed by atoms with Gasteiger partial charge in [0.2, 0.25) is 5.78 Å². The molecule has 0 aromatic carbocycles. The molecule has 1 rings (SSSR count). The number of allylic oxidation sites excluding steroid dienone is 1. The van der Waals surface area contributed by atoms with Gasteiger partial charge in [0.25, 0.3) is 0 Å². The summed E-state index contributed by atoms with van der Waals surface area (Å²) in [5.74, 6) is 0.159. The number of ketones is 1. The van der Waals surface area contributed by atoms with Crippen molar-refractivity contribution in [3.05, 3.63) is 24.8 Å². The molecule has 0 saturated carbocycles. The average molecular weight is 151 g/mol. The quantitative estimate of drug-likeness (QED) is 0.471. The summed E-state index contributed by atoms with van der Waals surface area (Å²) in [4.78, 5) is 14.8. The first kappa shape index (κ1) is 7.65. The molecule has 0 fully saturated rings. The lowest BCUT2D eigenvalue weighted by molar-refractivity contribution is 0.103. The molecular formula is C7H9N3O. The lowest BCUT2D eigenvalue weighted by Crippen LogP contribution is -2.08. The lowest BCUT2D eigenvalue weighted by atomic mass is 10.4. The van der Waals surface area contributed by atoms with Crippen LogP contribution in [0.4, 0.5) is 0 Å². The fourth-order valence-corrected chi connectivity index (χ4v) is 0.778. The van der Waals surface area contributed by atoms with Crippen LogP contribution in [-0.4, -0.2) is 20.5 Å². The van der Waals surface area contributed by atoms with Crippen molar-refractivity contribution in [2.75, 3.05) is 0 Å². The second kappa shape index (κ2) is 3.09. The minimum Gasteiger partial charge on any atom is -0.286 e. The number of aryl methyl sites for hydroxylation is 1. The summed E-state index contributed by atoms with van der Waals surface area (Å²) in [5.41, 5.74) is 0. The van der Waals surface area contributed by atoms with E-state index in [4.69, 9.17) is 0 Å². The Morgan fingerprint density at radius 3 is 3.18 bits per heavy atom. The van der Waals surface area contributed by atoms with E-state index < -0.39 is 0 Å². The lowest BCUT2D eigenvalue weighted by Gasteiger charge is -1.96. The van der Waals surface area contributed by atoms with Crippen molar-refractivity contribution < 1.29 is 4.79 Å². The molecule has 0 amide bonds. The Balaban J connectivity index is 3.01. The molecule has 0 aliphatic carbocycles. The predicted molar refractivity (Wildman–Crippen MR) is 40.2 cm³/mol. The van der Waals surface area contributed by atoms with Crippen molar-refractivity contribution >= 4 is 5.78 Å². The van der Waals surface area contributed by atoms with E-state index in [2.05, 4.69) is 16.7 Å². The monoisotopic (exact) mass is 151 g/mol. The summed E-state index contributed by atoms with van der Waals surface area (Å²) in [6.07, 6.45) is 2.59. The number of nitrogens with zero attached hydrogens (tertiary/aromatic N) is 3. The van der Waals surface area contributed by atoms with Crippen molar-refractivity contribution in [1.82, 2.24) is 14.8 Å². The number of rotatable bonds is 3. The molecule has 4 nitrogen and oxygen atoms in total. The van der Waals surface area contributed by atoms with Gasteiger partial charge in [-0.1, -0.05) is 6.58 Å². The molecule has 0 aliphatic rings. The maximum absolute atomic E-state index is 11.0. The van der Waals surface area contributed by atoms with Crippen LogP contribution in [0.2, 0.25) is 0 Å². The zero-order valence-electron chi connectivity index (χ0n) is 6.32. The molecule has 0 aliphatic heterocycles. The van der Waals surface area contributed by atoms with Crippen LogP contribution in [0.3, 0.4) is 0 Å². The van der Waals surface area contributed by atoms with Crippen LogP contribution in [-0.2, 0) is 6.54 Å². The first-order valence-electron chi connectivity index (χ1n) is 3.34. The van der Waals surface area contributed by atoms with Gasteiger partial charge >= 0.3 is 0 Å². The minimum absolute atomic E-state index is 0.190. The molecule has 0 atom stereocenters. The number of hydrogen-bond acceptors (Lipinski definition) is 3. The van der Waals surface area contributed by atoms with E-state index in [1.54, 1.807) is 0 Å². The van der Waals surface area contributed by atoms with E-state index in [-0.39, 0.29) is 5.78 Å². The third kappa shape index (κ3) is 1.34. The first-order chi connectivity index (χ1) is 5.29. The highest BCUT2D eigenvalue weighted by Crippen LogP contribution is 1.95. The molecule has 58 valence electrons. The fourth-order valence-electron chi connectivity index (χ4n) is 0.778. The van der Waals surface area contributed by atoms with Crippen LogP contribution in [0.15, 0.2) is 19.0 Å². The average Bonchev–Trinajstić information content (AvgIpc) is 2.50. The summed E-state index contributed by atoms with van der Waals surface area (Å²) < 4.78 is 1.53. The van der Waals surface area contributed by atoms with Crippen molar-refractivity contribution in [2.24, 2.45) is 0 Å². The number of carbonyl (C=O) groups excluding carboxylic acids is 1. The van der Waals surface area contributed by atoms with Gasteiger partial charge in [0.15, 0.2) is 5.82 Å². The topological polar surface area (TPSA) is 47.8 Å². The highest BCUT2D eigenvalue weighted by molar-refractivity contribution is 6.01. The fraction of sp³-hybridized carbons (Fsp3) is 0.286. The summed E-state index contributed by atoms with van der Waals surface area (Å²) in [7, 11) is 0. The molecule has 1 aromatic rings. The Labute approximate surface area is 64.6 Å². The van der Waals surface area contributed by atoms with E-state index in [1.807, 2.05) is 6.92 Å². The summed E-state index contributed by atoms with van der Waals surface area (Å²) in [6, 6.07) is 0. The SMILES string of the molecule is C=CC(=O)c1ncnn1CC. The van der Waals surface area contributed by atoms with Gasteiger partial charge in [-0.2, -0.15) is 5.10 Å². The highest BCUT2D eigenvalue weighted by atomic mass is 16.1. The maximum Gasteiger partial charge on any atom is 0.222 e. The van der Waals surface area contributed by atoms with Crippen LogP contribution in [0.1, 0.15) is 17.5 Å². The Hall–Kier alpha value is -1.45. The van der Waals surface area contributed by atoms with Crippen molar-refractivity contribution in [3.63, 3.8) is 0 Å². The Bertz CT molecular complexity index is 277. The van der Waals surface area contributed by atoms with Crippen molar-refractivity contribution in [3.8, 4) is 0 Å². The summed E-state index contributed by atoms with van der Waals surface area (Å²) in [5, 5.41) is 3.84. The van der Waals surface area contributed by atoms with Crippen LogP contribution in [0.25, 0.3) is 0 Å². The molecule has 4 heteroatoms. The summed E-state index contributed by atoms with van der Waals surface area (Å²) in [6.45, 7) is 5.91. The second-order valence-electron chi connectivity index (χ2n) is 1.97. The smallest absolute Gasteiger partial charge is 0.222 e. The molecule has 0 unspecified atom stereocenters. The number of hydrogen-bond donors (Lipinski definition) is 0. The van der Waals surface area contributed by atoms with Gasteiger partial charge in [-0.05, 0) is 13.0 Å². The Morgan fingerprint density at radius 2 is 2.64 bits per heavy atom. The molecule has 1 aromatic heterocycles. The van der Waals surface area contributed by atoms with Gasteiger partial charge in [-0.3, -0.25) is 4.79 Å². The zero-order chi connectivity index (χ0) is 8.27. The Morgan fingerprint density at radius 1 is 1.91 bits per heavy atom. The van der Waals surface area contributed by atoms with E-state index in [0.717, 1.165) is 0 Å². The third-order valence-corrected chi connectivity index (χ3v) is 1.32. The number of carbonyl (C=O) groups is 1. The first-order valence-corrected chi connectivity index (χ1v) is 3.34. The summed E-state index contributed by atoms with van der Waals surface area (Å²) >= 11 is 0. The van der Waals surface area contributed by atoms with Gasteiger partial charge in [0, 0.05) is 6.54 Å². The van der Waals surface area contributed by atoms with Crippen LogP contribution in [0, 0.1) is 0 Å². The van der Waals surface area contributed by atoms with Gasteiger partial charge in [0.05, 0.1) is 0 Å². The highest BCUT2D eigenvalue weighted by Gasteiger charge is 2.07. The van der Waals surface area contributed by atoms with E-state index in [0.29, 0.717) is 12.4 Å². The minimum atomic E-state index is -0.190. The molecule has 1 heterocycles. The van der Waals surface area contributed by atoms with E-state index in [1.165, 1.54) is 17.1 Å². The molecule has 0 radical (unpaired) electrons.